The number of thiazole rings is 1. The second-order valence-corrected chi connectivity index (χ2v) is 4.57. The molecule has 1 heterocycles. The van der Waals surface area contributed by atoms with E-state index in [4.69, 9.17) is 0 Å². The lowest BCUT2D eigenvalue weighted by molar-refractivity contribution is -0.380. The zero-order valence-electron chi connectivity index (χ0n) is 9.30. The quantitative estimate of drug-likeness (QED) is 0.668. The highest BCUT2D eigenvalue weighted by Crippen LogP contribution is 2.24. The van der Waals surface area contributed by atoms with Crippen LogP contribution in [0.5, 0.6) is 0 Å². The smallest absolute Gasteiger partial charge is 0.345 e. The van der Waals surface area contributed by atoms with Crippen LogP contribution in [0.15, 0.2) is 30.5 Å². The zero-order chi connectivity index (χ0) is 13.0. The number of nitrogens with zero attached hydrogens (tertiary/aromatic N) is 2. The molecule has 0 aliphatic rings. The predicted octanol–water partition coefficient (Wildman–Crippen LogP) is 2.85. The number of aromatic nitrogens is 1. The fourth-order valence-electron chi connectivity index (χ4n) is 1.40. The van der Waals surface area contributed by atoms with E-state index in [2.05, 4.69) is 10.3 Å². The fourth-order valence-corrected chi connectivity index (χ4v) is 2.05. The summed E-state index contributed by atoms with van der Waals surface area (Å²) in [6.07, 6.45) is 1.93. The third-order valence-electron chi connectivity index (χ3n) is 2.28. The van der Waals surface area contributed by atoms with Gasteiger partial charge in [-0.3, -0.25) is 10.1 Å². The van der Waals surface area contributed by atoms with Gasteiger partial charge in [0.1, 0.15) is 12.0 Å². The van der Waals surface area contributed by atoms with Gasteiger partial charge in [0.15, 0.2) is 5.13 Å². The Hall–Kier alpha value is -2.02. The summed E-state index contributed by atoms with van der Waals surface area (Å²) in [6.45, 7) is 0.594. The van der Waals surface area contributed by atoms with Gasteiger partial charge in [0.05, 0.1) is 4.92 Å². The van der Waals surface area contributed by atoms with Crippen LogP contribution in [0, 0.1) is 15.9 Å². The van der Waals surface area contributed by atoms with Gasteiger partial charge in [-0.25, -0.2) is 9.37 Å². The second-order valence-electron chi connectivity index (χ2n) is 3.56. The summed E-state index contributed by atoms with van der Waals surface area (Å²) < 4.78 is 12.7. The lowest BCUT2D eigenvalue weighted by Gasteiger charge is -2.02. The highest BCUT2D eigenvalue weighted by Gasteiger charge is 2.10. The molecule has 0 saturated carbocycles. The van der Waals surface area contributed by atoms with E-state index in [0.29, 0.717) is 18.1 Å². The van der Waals surface area contributed by atoms with E-state index in [9.17, 15) is 14.5 Å². The standard InChI is InChI=1S/C11H10FN3O2S/c12-9-3-1-8(2-4-9)5-6-13-11-14-7-10(18-11)15(16)17/h1-4,7H,5-6H2,(H,13,14). The Morgan fingerprint density at radius 2 is 2.11 bits per heavy atom. The van der Waals surface area contributed by atoms with Crippen molar-refractivity contribution in [1.82, 2.24) is 4.98 Å². The zero-order valence-corrected chi connectivity index (χ0v) is 10.1. The van der Waals surface area contributed by atoms with Crippen LogP contribution in [0.3, 0.4) is 0 Å². The Labute approximate surface area is 106 Å². The summed E-state index contributed by atoms with van der Waals surface area (Å²) in [4.78, 5) is 13.9. The fraction of sp³-hybridized carbons (Fsp3) is 0.182. The van der Waals surface area contributed by atoms with Crippen molar-refractivity contribution in [2.75, 3.05) is 11.9 Å². The number of halogens is 1. The van der Waals surface area contributed by atoms with Gasteiger partial charge in [0.2, 0.25) is 0 Å². The van der Waals surface area contributed by atoms with E-state index in [-0.39, 0.29) is 10.8 Å². The number of nitrogens with one attached hydrogen (secondary N) is 1. The van der Waals surface area contributed by atoms with Gasteiger partial charge in [-0.2, -0.15) is 0 Å². The molecule has 2 aromatic rings. The molecule has 0 aliphatic heterocycles. The first-order chi connectivity index (χ1) is 8.65. The van der Waals surface area contributed by atoms with E-state index >= 15 is 0 Å². The molecule has 0 unspecified atom stereocenters. The van der Waals surface area contributed by atoms with Gasteiger partial charge < -0.3 is 5.32 Å². The normalized spacial score (nSPS) is 10.3. The van der Waals surface area contributed by atoms with Crippen molar-refractivity contribution in [1.29, 1.82) is 0 Å². The van der Waals surface area contributed by atoms with Gasteiger partial charge >= 0.3 is 5.00 Å². The van der Waals surface area contributed by atoms with Crippen molar-refractivity contribution in [2.24, 2.45) is 0 Å². The van der Waals surface area contributed by atoms with Gasteiger partial charge in [-0.05, 0) is 35.5 Å². The molecule has 18 heavy (non-hydrogen) atoms. The average molecular weight is 267 g/mol. The molecule has 1 aromatic heterocycles. The first kappa shape index (κ1) is 12.4. The summed E-state index contributed by atoms with van der Waals surface area (Å²) in [6, 6.07) is 6.23. The molecule has 1 N–H and O–H groups in total. The SMILES string of the molecule is O=[N+]([O-])c1cnc(NCCc2ccc(F)cc2)s1. The molecule has 7 heteroatoms. The van der Waals surface area contributed by atoms with Crippen molar-refractivity contribution in [3.05, 3.63) is 52.0 Å². The van der Waals surface area contributed by atoms with Crippen molar-refractivity contribution in [2.45, 2.75) is 6.42 Å². The summed E-state index contributed by atoms with van der Waals surface area (Å²) in [5, 5.41) is 14.0. The number of hydrogen-bond donors (Lipinski definition) is 1. The van der Waals surface area contributed by atoms with Crippen molar-refractivity contribution < 1.29 is 9.31 Å². The molecule has 94 valence electrons. The molecule has 0 aliphatic carbocycles. The maximum Gasteiger partial charge on any atom is 0.345 e. The molecule has 0 spiro atoms. The molecular formula is C11H10FN3O2S. The van der Waals surface area contributed by atoms with Crippen molar-refractivity contribution >= 4 is 21.5 Å². The molecule has 0 amide bonds. The van der Waals surface area contributed by atoms with Crippen LogP contribution in [0.25, 0.3) is 0 Å². The van der Waals surface area contributed by atoms with E-state index in [1.807, 2.05) is 0 Å². The molecule has 0 fully saturated rings. The minimum Gasteiger partial charge on any atom is -0.361 e. The Morgan fingerprint density at radius 3 is 2.72 bits per heavy atom. The summed E-state index contributed by atoms with van der Waals surface area (Å²) in [5.41, 5.74) is 0.995. The molecule has 1 aromatic carbocycles. The minimum atomic E-state index is -0.469. The van der Waals surface area contributed by atoms with Gasteiger partial charge in [0.25, 0.3) is 0 Å². The summed E-state index contributed by atoms with van der Waals surface area (Å²) in [7, 11) is 0. The predicted molar refractivity (Wildman–Crippen MR) is 67.4 cm³/mol. The first-order valence-electron chi connectivity index (χ1n) is 5.23. The van der Waals surface area contributed by atoms with Crippen LogP contribution in [0.2, 0.25) is 0 Å². The largest absolute Gasteiger partial charge is 0.361 e. The van der Waals surface area contributed by atoms with Crippen molar-refractivity contribution in [3.8, 4) is 0 Å². The lowest BCUT2D eigenvalue weighted by Crippen LogP contribution is -2.04. The first-order valence-corrected chi connectivity index (χ1v) is 6.05. The third-order valence-corrected chi connectivity index (χ3v) is 3.18. The molecular weight excluding hydrogens is 257 g/mol. The van der Waals surface area contributed by atoms with Crippen molar-refractivity contribution in [3.63, 3.8) is 0 Å². The monoisotopic (exact) mass is 267 g/mol. The third kappa shape index (κ3) is 3.24. The molecule has 0 bridgehead atoms. The Bertz CT molecular complexity index is 541. The highest BCUT2D eigenvalue weighted by atomic mass is 32.1. The number of rotatable bonds is 5. The van der Waals surface area contributed by atoms with E-state index in [1.165, 1.54) is 18.3 Å². The summed E-state index contributed by atoms with van der Waals surface area (Å²) >= 11 is 0.997. The molecule has 2 rings (SSSR count). The molecule has 0 radical (unpaired) electrons. The number of nitro groups is 1. The number of benzene rings is 1. The van der Waals surface area contributed by atoms with Gasteiger partial charge in [-0.1, -0.05) is 12.1 Å². The second kappa shape index (κ2) is 5.54. The lowest BCUT2D eigenvalue weighted by atomic mass is 10.1. The van der Waals surface area contributed by atoms with E-state index in [0.717, 1.165) is 16.9 Å². The van der Waals surface area contributed by atoms with Crippen LogP contribution < -0.4 is 5.32 Å². The summed E-state index contributed by atoms with van der Waals surface area (Å²) in [5.74, 6) is -0.262. The molecule has 0 saturated heterocycles. The topological polar surface area (TPSA) is 68.1 Å². The van der Waals surface area contributed by atoms with Crippen LogP contribution in [0.4, 0.5) is 14.5 Å². The van der Waals surface area contributed by atoms with Gasteiger partial charge in [0, 0.05) is 6.54 Å². The van der Waals surface area contributed by atoms with Crippen LogP contribution in [-0.4, -0.2) is 16.5 Å². The molecule has 5 nitrogen and oxygen atoms in total. The maximum atomic E-state index is 12.7. The Kier molecular flexibility index (Phi) is 3.83. The van der Waals surface area contributed by atoms with E-state index in [1.54, 1.807) is 12.1 Å². The average Bonchev–Trinajstić information content (AvgIpc) is 2.81. The van der Waals surface area contributed by atoms with Gasteiger partial charge in [-0.15, -0.1) is 0 Å². The highest BCUT2D eigenvalue weighted by molar-refractivity contribution is 7.18. The van der Waals surface area contributed by atoms with Crippen LogP contribution in [-0.2, 0) is 6.42 Å². The number of anilines is 1. The maximum absolute atomic E-state index is 12.7. The molecule has 0 atom stereocenters. The van der Waals surface area contributed by atoms with Crippen LogP contribution >= 0.6 is 11.3 Å². The van der Waals surface area contributed by atoms with E-state index < -0.39 is 4.92 Å². The minimum absolute atomic E-state index is 0.0132. The van der Waals surface area contributed by atoms with Crippen LogP contribution in [0.1, 0.15) is 5.56 Å². The number of hydrogen-bond acceptors (Lipinski definition) is 5. The Morgan fingerprint density at radius 1 is 1.39 bits per heavy atom. The Balaban J connectivity index is 1.84.